The van der Waals surface area contributed by atoms with Gasteiger partial charge in [0, 0.05) is 19.8 Å². The monoisotopic (exact) mass is 353 g/mol. The van der Waals surface area contributed by atoms with Crippen LogP contribution in [-0.2, 0) is 4.79 Å². The average Bonchev–Trinajstić information content (AvgIpc) is 2.95. The molecule has 0 unspecified atom stereocenters. The first-order valence-corrected chi connectivity index (χ1v) is 8.58. The summed E-state index contributed by atoms with van der Waals surface area (Å²) in [7, 11) is 5.61. The van der Waals surface area contributed by atoms with E-state index in [0.717, 1.165) is 22.7 Å². The Morgan fingerprint density at radius 1 is 1.08 bits per heavy atom. The van der Waals surface area contributed by atoms with Crippen molar-refractivity contribution >= 4 is 40.3 Å². The Hall–Kier alpha value is -2.73. The Bertz CT molecular complexity index is 825. The highest BCUT2D eigenvalue weighted by molar-refractivity contribution is 8.18. The average molecular weight is 353 g/mol. The maximum atomic E-state index is 12.1. The van der Waals surface area contributed by atoms with Crippen molar-refractivity contribution in [1.82, 2.24) is 5.32 Å². The number of ether oxygens (including phenoxy) is 1. The summed E-state index contributed by atoms with van der Waals surface area (Å²) >= 11 is 1.34. The van der Waals surface area contributed by atoms with Crippen molar-refractivity contribution in [1.29, 1.82) is 0 Å². The molecule has 5 nitrogen and oxygen atoms in total. The predicted molar refractivity (Wildman–Crippen MR) is 105 cm³/mol. The van der Waals surface area contributed by atoms with Crippen molar-refractivity contribution in [3.63, 3.8) is 0 Å². The molecule has 1 fully saturated rings. The van der Waals surface area contributed by atoms with Crippen LogP contribution < -0.4 is 15.0 Å². The number of aliphatic imine (C=N–C) groups is 1. The van der Waals surface area contributed by atoms with Gasteiger partial charge in [-0.3, -0.25) is 4.79 Å². The van der Waals surface area contributed by atoms with Gasteiger partial charge in [0.05, 0.1) is 17.7 Å². The lowest BCUT2D eigenvalue weighted by Crippen LogP contribution is -2.19. The number of methoxy groups -OCH3 is 1. The van der Waals surface area contributed by atoms with Crippen LogP contribution in [-0.4, -0.2) is 32.3 Å². The van der Waals surface area contributed by atoms with Crippen molar-refractivity contribution in [3.05, 3.63) is 59.0 Å². The predicted octanol–water partition coefficient (Wildman–Crippen LogP) is 3.65. The molecule has 3 rings (SSSR count). The first-order valence-electron chi connectivity index (χ1n) is 7.76. The third-order valence-electron chi connectivity index (χ3n) is 3.66. The van der Waals surface area contributed by atoms with Gasteiger partial charge in [0.15, 0.2) is 5.17 Å². The largest absolute Gasteiger partial charge is 0.497 e. The summed E-state index contributed by atoms with van der Waals surface area (Å²) in [6.45, 7) is 0. The van der Waals surface area contributed by atoms with Crippen LogP contribution in [0.3, 0.4) is 0 Å². The summed E-state index contributed by atoms with van der Waals surface area (Å²) in [6.07, 6.45) is 1.87. The van der Waals surface area contributed by atoms with Crippen LogP contribution in [0.5, 0.6) is 5.75 Å². The highest BCUT2D eigenvalue weighted by atomic mass is 32.2. The molecule has 0 saturated carbocycles. The van der Waals surface area contributed by atoms with Crippen molar-refractivity contribution in [2.24, 2.45) is 4.99 Å². The fraction of sp³-hybridized carbons (Fsp3) is 0.158. The van der Waals surface area contributed by atoms with Crippen LogP contribution in [0.2, 0.25) is 0 Å². The van der Waals surface area contributed by atoms with E-state index in [1.807, 2.05) is 73.6 Å². The molecule has 2 aromatic carbocycles. The molecule has 6 heteroatoms. The number of amidine groups is 1. The molecule has 1 aliphatic rings. The van der Waals surface area contributed by atoms with Gasteiger partial charge in [0.1, 0.15) is 5.75 Å². The number of hydrogen-bond acceptors (Lipinski definition) is 5. The first-order chi connectivity index (χ1) is 12.0. The van der Waals surface area contributed by atoms with Gasteiger partial charge in [0.2, 0.25) is 0 Å². The normalized spacial score (nSPS) is 17.0. The first kappa shape index (κ1) is 17.1. The van der Waals surface area contributed by atoms with E-state index in [-0.39, 0.29) is 5.91 Å². The van der Waals surface area contributed by atoms with Crippen LogP contribution in [0.15, 0.2) is 58.4 Å². The van der Waals surface area contributed by atoms with Gasteiger partial charge < -0.3 is 15.0 Å². The smallest absolute Gasteiger partial charge is 0.264 e. The zero-order chi connectivity index (χ0) is 17.8. The summed E-state index contributed by atoms with van der Waals surface area (Å²) in [5.41, 5.74) is 2.86. The molecular formula is C19H19N3O2S. The highest BCUT2D eigenvalue weighted by Crippen LogP contribution is 2.29. The molecule has 0 aromatic heterocycles. The standard InChI is InChI=1S/C19H19N3O2S/c1-22(2)15-8-4-13(5-9-15)12-17-18(23)21-19(25-17)20-14-6-10-16(24-3)11-7-14/h4-12H,1-3H3,(H,20,21,23)/b17-12+. The summed E-state index contributed by atoms with van der Waals surface area (Å²) in [5.74, 6) is 0.641. The van der Waals surface area contributed by atoms with E-state index in [9.17, 15) is 4.79 Å². The fourth-order valence-electron chi connectivity index (χ4n) is 2.27. The van der Waals surface area contributed by atoms with E-state index < -0.39 is 0 Å². The van der Waals surface area contributed by atoms with Crippen molar-refractivity contribution in [3.8, 4) is 5.75 Å². The summed E-state index contributed by atoms with van der Waals surface area (Å²) in [4.78, 5) is 19.3. The highest BCUT2D eigenvalue weighted by Gasteiger charge is 2.23. The van der Waals surface area contributed by atoms with Crippen LogP contribution in [0.25, 0.3) is 6.08 Å². The maximum absolute atomic E-state index is 12.1. The van der Waals surface area contributed by atoms with Crippen LogP contribution in [0.4, 0.5) is 11.4 Å². The molecule has 0 aliphatic carbocycles. The zero-order valence-corrected chi connectivity index (χ0v) is 15.1. The number of benzene rings is 2. The Labute approximate surface area is 151 Å². The Kier molecular flexibility index (Phi) is 5.09. The van der Waals surface area contributed by atoms with Crippen LogP contribution in [0, 0.1) is 0 Å². The lowest BCUT2D eigenvalue weighted by Gasteiger charge is -2.11. The molecule has 2 aromatic rings. The van der Waals surface area contributed by atoms with Gasteiger partial charge in [0.25, 0.3) is 5.91 Å². The number of carbonyl (C=O) groups is 1. The lowest BCUT2D eigenvalue weighted by molar-refractivity contribution is -0.115. The van der Waals surface area contributed by atoms with Gasteiger partial charge in [-0.05, 0) is 59.8 Å². The van der Waals surface area contributed by atoms with E-state index in [1.54, 1.807) is 7.11 Å². The SMILES string of the molecule is COc1ccc(N=C2NC(=O)/C(=C\c3ccc(N(C)C)cc3)S2)cc1. The number of amides is 1. The fourth-order valence-corrected chi connectivity index (χ4v) is 3.12. The van der Waals surface area contributed by atoms with E-state index in [1.165, 1.54) is 11.8 Å². The molecule has 0 radical (unpaired) electrons. The quantitative estimate of drug-likeness (QED) is 0.853. The molecule has 128 valence electrons. The Balaban J connectivity index is 1.76. The molecule has 1 saturated heterocycles. The third kappa shape index (κ3) is 4.22. The molecule has 25 heavy (non-hydrogen) atoms. The van der Waals surface area contributed by atoms with E-state index in [2.05, 4.69) is 10.3 Å². The molecule has 1 N–H and O–H groups in total. The Morgan fingerprint density at radius 2 is 1.76 bits per heavy atom. The van der Waals surface area contributed by atoms with E-state index in [4.69, 9.17) is 4.74 Å². The van der Waals surface area contributed by atoms with Crippen molar-refractivity contribution < 1.29 is 9.53 Å². The van der Waals surface area contributed by atoms with Crippen molar-refractivity contribution in [2.75, 3.05) is 26.1 Å². The van der Waals surface area contributed by atoms with Gasteiger partial charge in [-0.25, -0.2) is 4.99 Å². The summed E-state index contributed by atoms with van der Waals surface area (Å²) in [5, 5.41) is 3.37. The molecule has 1 aliphatic heterocycles. The van der Waals surface area contributed by atoms with Gasteiger partial charge in [-0.2, -0.15) is 0 Å². The number of nitrogens with one attached hydrogen (secondary N) is 1. The van der Waals surface area contributed by atoms with E-state index >= 15 is 0 Å². The molecular weight excluding hydrogens is 334 g/mol. The number of rotatable bonds is 4. The lowest BCUT2D eigenvalue weighted by atomic mass is 10.2. The van der Waals surface area contributed by atoms with Crippen LogP contribution >= 0.6 is 11.8 Å². The number of hydrogen-bond donors (Lipinski definition) is 1. The second-order valence-corrected chi connectivity index (χ2v) is 6.70. The molecule has 0 spiro atoms. The van der Waals surface area contributed by atoms with Gasteiger partial charge in [-0.1, -0.05) is 12.1 Å². The second-order valence-electron chi connectivity index (χ2n) is 5.67. The van der Waals surface area contributed by atoms with Gasteiger partial charge >= 0.3 is 0 Å². The second kappa shape index (κ2) is 7.44. The molecule has 0 bridgehead atoms. The molecule has 1 amide bonds. The minimum atomic E-state index is -0.131. The van der Waals surface area contributed by atoms with Gasteiger partial charge in [-0.15, -0.1) is 0 Å². The van der Waals surface area contributed by atoms with Crippen LogP contribution in [0.1, 0.15) is 5.56 Å². The maximum Gasteiger partial charge on any atom is 0.264 e. The number of nitrogens with zero attached hydrogens (tertiary/aromatic N) is 2. The number of thioether (sulfide) groups is 1. The minimum Gasteiger partial charge on any atom is -0.497 e. The topological polar surface area (TPSA) is 53.9 Å². The van der Waals surface area contributed by atoms with E-state index in [0.29, 0.717) is 10.1 Å². The summed E-state index contributed by atoms with van der Waals surface area (Å²) in [6, 6.07) is 15.4. The summed E-state index contributed by atoms with van der Waals surface area (Å²) < 4.78 is 5.13. The number of carbonyl (C=O) groups excluding carboxylic acids is 1. The third-order valence-corrected chi connectivity index (χ3v) is 4.57. The minimum absolute atomic E-state index is 0.131. The Morgan fingerprint density at radius 3 is 2.36 bits per heavy atom. The number of anilines is 1. The molecule has 1 heterocycles. The van der Waals surface area contributed by atoms with Crippen molar-refractivity contribution in [2.45, 2.75) is 0 Å². The molecule has 0 atom stereocenters. The zero-order valence-electron chi connectivity index (χ0n) is 14.3.